The molecule has 0 unspecified atom stereocenters. The van der Waals surface area contributed by atoms with Crippen molar-refractivity contribution >= 4 is 15.8 Å². The van der Waals surface area contributed by atoms with E-state index in [2.05, 4.69) is 20.4 Å². The van der Waals surface area contributed by atoms with E-state index in [0.29, 0.717) is 0 Å². The second-order valence-electron chi connectivity index (χ2n) is 3.52. The van der Waals surface area contributed by atoms with Crippen LogP contribution in [0.5, 0.6) is 0 Å². The van der Waals surface area contributed by atoms with Crippen molar-refractivity contribution in [1.82, 2.24) is 24.7 Å². The average molecular weight is 256 g/mol. The van der Waals surface area contributed by atoms with Crippen molar-refractivity contribution in [3.05, 3.63) is 24.2 Å². The second-order valence-corrected chi connectivity index (χ2v) is 5.53. The molecule has 8 nitrogen and oxygen atoms in total. The molecule has 92 valence electrons. The van der Waals surface area contributed by atoms with Crippen LogP contribution in [0.4, 0.5) is 5.82 Å². The maximum Gasteiger partial charge on any atom is 0.248 e. The maximum atomic E-state index is 12.1. The molecule has 9 heteroatoms. The molecular weight excluding hydrogens is 244 g/mol. The first kappa shape index (κ1) is 11.6. The lowest BCUT2D eigenvalue weighted by atomic mass is 10.4. The van der Waals surface area contributed by atoms with Gasteiger partial charge in [0.2, 0.25) is 10.0 Å². The Labute approximate surface area is 97.9 Å². The van der Waals surface area contributed by atoms with Crippen molar-refractivity contribution in [2.24, 2.45) is 0 Å². The normalized spacial score (nSPS) is 12.1. The molecule has 2 rings (SSSR count). The summed E-state index contributed by atoms with van der Waals surface area (Å²) in [4.78, 5) is -0.0245. The molecule has 0 aliphatic carbocycles. The lowest BCUT2D eigenvalue weighted by molar-refractivity contribution is 0.467. The van der Waals surface area contributed by atoms with Gasteiger partial charge < -0.3 is 5.73 Å². The third-order valence-corrected chi connectivity index (χ3v) is 4.11. The number of nitrogens with two attached hydrogens (primary N) is 1. The number of sulfonamides is 1. The van der Waals surface area contributed by atoms with Crippen molar-refractivity contribution < 1.29 is 8.42 Å². The first-order chi connectivity index (χ1) is 8.01. The summed E-state index contributed by atoms with van der Waals surface area (Å²) < 4.78 is 25.4. The smallest absolute Gasteiger partial charge is 0.248 e. The Kier molecular flexibility index (Phi) is 2.86. The fourth-order valence-electron chi connectivity index (χ4n) is 1.36. The molecular formula is C8H12N6O2S. The largest absolute Gasteiger partial charge is 0.383 e. The molecule has 0 saturated heterocycles. The third kappa shape index (κ3) is 2.15. The van der Waals surface area contributed by atoms with Crippen molar-refractivity contribution in [2.75, 3.05) is 12.8 Å². The molecule has 4 N–H and O–H groups in total. The SMILES string of the molecule is CN(Cc1cn[nH]c1)S(=O)(=O)c1cn[nH]c1N. The molecule has 0 fully saturated rings. The Balaban J connectivity index is 2.25. The van der Waals surface area contributed by atoms with Gasteiger partial charge in [0.05, 0.1) is 12.4 Å². The van der Waals surface area contributed by atoms with Crippen LogP contribution in [0.15, 0.2) is 23.5 Å². The highest BCUT2D eigenvalue weighted by molar-refractivity contribution is 7.89. The van der Waals surface area contributed by atoms with E-state index in [1.165, 1.54) is 17.5 Å². The summed E-state index contributed by atoms with van der Waals surface area (Å²) in [5.41, 5.74) is 6.26. The van der Waals surface area contributed by atoms with Crippen molar-refractivity contribution in [2.45, 2.75) is 11.4 Å². The van der Waals surface area contributed by atoms with Crippen LogP contribution in [-0.4, -0.2) is 40.2 Å². The van der Waals surface area contributed by atoms with E-state index in [1.807, 2.05) is 0 Å². The molecule has 0 aliphatic heterocycles. The maximum absolute atomic E-state index is 12.1. The predicted molar refractivity (Wildman–Crippen MR) is 60.2 cm³/mol. The summed E-state index contributed by atoms with van der Waals surface area (Å²) in [5, 5.41) is 12.4. The molecule has 2 aromatic rings. The number of rotatable bonds is 4. The Hall–Kier alpha value is -1.87. The van der Waals surface area contributed by atoms with E-state index >= 15 is 0 Å². The Morgan fingerprint density at radius 2 is 2.18 bits per heavy atom. The molecule has 0 atom stereocenters. The minimum Gasteiger partial charge on any atom is -0.383 e. The highest BCUT2D eigenvalue weighted by atomic mass is 32.2. The zero-order chi connectivity index (χ0) is 12.5. The second kappa shape index (κ2) is 4.18. The lowest BCUT2D eigenvalue weighted by Crippen LogP contribution is -2.26. The van der Waals surface area contributed by atoms with Gasteiger partial charge in [0, 0.05) is 25.4 Å². The van der Waals surface area contributed by atoms with Gasteiger partial charge in [-0.25, -0.2) is 8.42 Å². The number of hydrogen-bond acceptors (Lipinski definition) is 5. The summed E-state index contributed by atoms with van der Waals surface area (Å²) in [6.07, 6.45) is 4.38. The van der Waals surface area contributed by atoms with Gasteiger partial charge in [-0.2, -0.15) is 14.5 Å². The number of anilines is 1. The highest BCUT2D eigenvalue weighted by Gasteiger charge is 2.24. The van der Waals surface area contributed by atoms with Crippen LogP contribution in [0, 0.1) is 0 Å². The number of nitrogens with zero attached hydrogens (tertiary/aromatic N) is 3. The number of aromatic nitrogens is 4. The minimum absolute atomic E-state index is 0.0245. The van der Waals surface area contributed by atoms with Crippen LogP contribution >= 0.6 is 0 Å². The Morgan fingerprint density at radius 3 is 2.71 bits per heavy atom. The van der Waals surface area contributed by atoms with Crippen LogP contribution in [0.2, 0.25) is 0 Å². The molecule has 2 heterocycles. The molecule has 0 bridgehead atoms. The van der Waals surface area contributed by atoms with E-state index in [9.17, 15) is 8.42 Å². The molecule has 0 saturated carbocycles. The minimum atomic E-state index is -3.63. The summed E-state index contributed by atoms with van der Waals surface area (Å²) >= 11 is 0. The summed E-state index contributed by atoms with van der Waals surface area (Å²) in [6, 6.07) is 0. The fourth-order valence-corrected chi connectivity index (χ4v) is 2.53. The first-order valence-electron chi connectivity index (χ1n) is 4.74. The van der Waals surface area contributed by atoms with E-state index in [-0.39, 0.29) is 17.3 Å². The monoisotopic (exact) mass is 256 g/mol. The van der Waals surface area contributed by atoms with E-state index < -0.39 is 10.0 Å². The number of nitrogen functional groups attached to an aromatic ring is 1. The average Bonchev–Trinajstić information content (AvgIpc) is 2.89. The molecule has 0 aliphatic rings. The van der Waals surface area contributed by atoms with Gasteiger partial charge in [0.25, 0.3) is 0 Å². The molecule has 0 radical (unpaired) electrons. The van der Waals surface area contributed by atoms with Gasteiger partial charge >= 0.3 is 0 Å². The van der Waals surface area contributed by atoms with Gasteiger partial charge in [-0.05, 0) is 0 Å². The topological polar surface area (TPSA) is 121 Å². The zero-order valence-corrected chi connectivity index (χ0v) is 9.90. The Bertz CT molecular complexity index is 587. The number of hydrogen-bond donors (Lipinski definition) is 3. The van der Waals surface area contributed by atoms with Crippen molar-refractivity contribution in [3.63, 3.8) is 0 Å². The highest BCUT2D eigenvalue weighted by Crippen LogP contribution is 2.19. The molecule has 2 aromatic heterocycles. The van der Waals surface area contributed by atoms with Crippen LogP contribution in [0.3, 0.4) is 0 Å². The van der Waals surface area contributed by atoms with E-state index in [0.717, 1.165) is 5.56 Å². The van der Waals surface area contributed by atoms with Crippen molar-refractivity contribution in [1.29, 1.82) is 0 Å². The fraction of sp³-hybridized carbons (Fsp3) is 0.250. The molecule has 17 heavy (non-hydrogen) atoms. The Morgan fingerprint density at radius 1 is 1.41 bits per heavy atom. The summed E-state index contributed by atoms with van der Waals surface area (Å²) in [6.45, 7) is 0.212. The standard InChI is InChI=1S/C8H12N6O2S/c1-14(5-6-2-10-11-3-6)17(15,16)7-4-12-13-8(7)9/h2-4H,5H2,1H3,(H,10,11)(H3,9,12,13). The first-order valence-corrected chi connectivity index (χ1v) is 6.18. The summed E-state index contributed by atoms with van der Waals surface area (Å²) in [5.74, 6) is 0.0315. The number of nitrogens with one attached hydrogen (secondary N) is 2. The number of aromatic amines is 2. The molecule has 0 spiro atoms. The lowest BCUT2D eigenvalue weighted by Gasteiger charge is -2.15. The zero-order valence-electron chi connectivity index (χ0n) is 9.08. The van der Waals surface area contributed by atoms with Gasteiger partial charge in [0.15, 0.2) is 0 Å². The van der Waals surface area contributed by atoms with Crippen LogP contribution in [0.25, 0.3) is 0 Å². The van der Waals surface area contributed by atoms with E-state index in [4.69, 9.17) is 5.73 Å². The van der Waals surface area contributed by atoms with Crippen molar-refractivity contribution in [3.8, 4) is 0 Å². The third-order valence-electron chi connectivity index (χ3n) is 2.28. The van der Waals surface area contributed by atoms with Crippen LogP contribution in [0.1, 0.15) is 5.56 Å². The van der Waals surface area contributed by atoms with Crippen LogP contribution < -0.4 is 5.73 Å². The van der Waals surface area contributed by atoms with Gasteiger partial charge in [-0.1, -0.05) is 0 Å². The quantitative estimate of drug-likeness (QED) is 0.683. The molecule has 0 amide bonds. The van der Waals surface area contributed by atoms with Gasteiger partial charge in [0.1, 0.15) is 10.7 Å². The van der Waals surface area contributed by atoms with Gasteiger partial charge in [-0.3, -0.25) is 10.2 Å². The summed E-state index contributed by atoms with van der Waals surface area (Å²) in [7, 11) is -2.16. The van der Waals surface area contributed by atoms with Crippen LogP contribution in [-0.2, 0) is 16.6 Å². The molecule has 0 aromatic carbocycles. The number of H-pyrrole nitrogens is 2. The van der Waals surface area contributed by atoms with Gasteiger partial charge in [-0.15, -0.1) is 0 Å². The predicted octanol–water partition coefficient (Wildman–Crippen LogP) is -0.464. The van der Waals surface area contributed by atoms with E-state index in [1.54, 1.807) is 12.4 Å².